The van der Waals surface area contributed by atoms with Gasteiger partial charge in [-0.15, -0.1) is 0 Å². The number of allylic oxidation sites excluding steroid dienone is 2. The number of ether oxygens (including phenoxy) is 1. The van der Waals surface area contributed by atoms with E-state index in [4.69, 9.17) is 16.3 Å². The van der Waals surface area contributed by atoms with Crippen molar-refractivity contribution in [2.75, 3.05) is 7.11 Å². The molecule has 1 aliphatic carbocycles. The van der Waals surface area contributed by atoms with Crippen LogP contribution >= 0.6 is 11.6 Å². The van der Waals surface area contributed by atoms with E-state index in [0.717, 1.165) is 52.8 Å². The first-order valence-corrected chi connectivity index (χ1v) is 8.49. The Labute approximate surface area is 146 Å². The number of aryl methyl sites for hydroxylation is 1. The number of nitrogens with zero attached hydrogens (tertiary/aromatic N) is 2. The highest BCUT2D eigenvalue weighted by atomic mass is 35.5. The normalized spacial score (nSPS) is 13.9. The van der Waals surface area contributed by atoms with Crippen LogP contribution in [0.2, 0.25) is 5.15 Å². The first-order chi connectivity index (χ1) is 11.5. The van der Waals surface area contributed by atoms with Crippen LogP contribution in [-0.2, 0) is 6.54 Å². The summed E-state index contributed by atoms with van der Waals surface area (Å²) >= 11 is 6.35. The molecule has 0 atom stereocenters. The SMILES string of the molecule is COc1ccc(C)c(Cn2nc(Cl)c(C3=CCCC3)cc2=O)c1C. The molecule has 0 bridgehead atoms. The molecule has 0 radical (unpaired) electrons. The summed E-state index contributed by atoms with van der Waals surface area (Å²) in [6.07, 6.45) is 5.25. The van der Waals surface area contributed by atoms with Crippen molar-refractivity contribution in [1.29, 1.82) is 0 Å². The Kier molecular flexibility index (Phi) is 4.76. The van der Waals surface area contributed by atoms with Crippen LogP contribution in [-0.4, -0.2) is 16.9 Å². The number of benzene rings is 1. The van der Waals surface area contributed by atoms with Crippen LogP contribution < -0.4 is 10.3 Å². The summed E-state index contributed by atoms with van der Waals surface area (Å²) < 4.78 is 6.80. The van der Waals surface area contributed by atoms with Crippen molar-refractivity contribution in [2.45, 2.75) is 39.7 Å². The molecule has 126 valence electrons. The average molecular weight is 345 g/mol. The summed E-state index contributed by atoms with van der Waals surface area (Å²) in [6.45, 7) is 4.39. The van der Waals surface area contributed by atoms with Crippen LogP contribution in [0.15, 0.2) is 29.1 Å². The van der Waals surface area contributed by atoms with Gasteiger partial charge in [0.2, 0.25) is 0 Å². The molecular formula is C19H21ClN2O2. The standard InChI is InChI=1S/C19H21ClN2O2/c1-12-8-9-17(24-3)13(2)16(12)11-22-18(23)10-15(19(20)21-22)14-6-4-5-7-14/h6,8-10H,4-5,7,11H2,1-3H3. The van der Waals surface area contributed by atoms with Gasteiger partial charge >= 0.3 is 0 Å². The smallest absolute Gasteiger partial charge is 0.267 e. The zero-order valence-electron chi connectivity index (χ0n) is 14.2. The molecule has 0 aliphatic heterocycles. The van der Waals surface area contributed by atoms with Crippen molar-refractivity contribution < 1.29 is 4.74 Å². The first-order valence-electron chi connectivity index (χ1n) is 8.11. The minimum absolute atomic E-state index is 0.135. The monoisotopic (exact) mass is 344 g/mol. The Bertz CT molecular complexity index is 868. The number of rotatable bonds is 4. The summed E-state index contributed by atoms with van der Waals surface area (Å²) in [7, 11) is 1.65. The molecule has 0 fully saturated rings. The van der Waals surface area contributed by atoms with Crippen molar-refractivity contribution in [3.8, 4) is 5.75 Å². The van der Waals surface area contributed by atoms with E-state index in [1.165, 1.54) is 4.68 Å². The fourth-order valence-electron chi connectivity index (χ4n) is 3.21. The molecule has 1 aromatic carbocycles. The minimum Gasteiger partial charge on any atom is -0.496 e. The highest BCUT2D eigenvalue weighted by Gasteiger charge is 2.16. The Morgan fingerprint density at radius 1 is 1.33 bits per heavy atom. The van der Waals surface area contributed by atoms with Gasteiger partial charge in [0.1, 0.15) is 5.75 Å². The number of hydrogen-bond acceptors (Lipinski definition) is 3. The van der Waals surface area contributed by atoms with Crippen LogP contribution in [0.5, 0.6) is 5.75 Å². The van der Waals surface area contributed by atoms with Gasteiger partial charge in [0.25, 0.3) is 5.56 Å². The Balaban J connectivity index is 2.00. The van der Waals surface area contributed by atoms with Gasteiger partial charge in [0, 0.05) is 11.6 Å². The molecule has 1 aromatic heterocycles. The van der Waals surface area contributed by atoms with Crippen molar-refractivity contribution in [3.63, 3.8) is 0 Å². The van der Waals surface area contributed by atoms with E-state index in [-0.39, 0.29) is 5.56 Å². The molecule has 0 amide bonds. The summed E-state index contributed by atoms with van der Waals surface area (Å²) in [5.74, 6) is 0.808. The summed E-state index contributed by atoms with van der Waals surface area (Å²) in [5, 5.41) is 4.73. The molecule has 0 spiro atoms. The zero-order valence-corrected chi connectivity index (χ0v) is 15.0. The lowest BCUT2D eigenvalue weighted by atomic mass is 10.0. The summed E-state index contributed by atoms with van der Waals surface area (Å²) in [4.78, 5) is 12.5. The van der Waals surface area contributed by atoms with Crippen LogP contribution in [0, 0.1) is 13.8 Å². The van der Waals surface area contributed by atoms with Crippen LogP contribution in [0.3, 0.4) is 0 Å². The number of halogens is 1. The summed E-state index contributed by atoms with van der Waals surface area (Å²) in [5.41, 5.74) is 4.92. The van der Waals surface area contributed by atoms with Crippen molar-refractivity contribution in [1.82, 2.24) is 9.78 Å². The number of hydrogen-bond donors (Lipinski definition) is 0. The van der Waals surface area contributed by atoms with Crippen molar-refractivity contribution in [2.24, 2.45) is 0 Å². The highest BCUT2D eigenvalue weighted by molar-refractivity contribution is 6.31. The third-order valence-corrected chi connectivity index (χ3v) is 4.93. The van der Waals surface area contributed by atoms with Crippen LogP contribution in [0.25, 0.3) is 5.57 Å². The van der Waals surface area contributed by atoms with Crippen molar-refractivity contribution in [3.05, 3.63) is 62.0 Å². The maximum absolute atomic E-state index is 12.5. The fourth-order valence-corrected chi connectivity index (χ4v) is 3.47. The van der Waals surface area contributed by atoms with E-state index in [1.54, 1.807) is 13.2 Å². The van der Waals surface area contributed by atoms with Crippen LogP contribution in [0.1, 0.15) is 41.5 Å². The zero-order chi connectivity index (χ0) is 17.3. The molecule has 1 heterocycles. The van der Waals surface area contributed by atoms with E-state index in [9.17, 15) is 4.79 Å². The third kappa shape index (κ3) is 3.11. The Morgan fingerprint density at radius 2 is 2.12 bits per heavy atom. The summed E-state index contributed by atoms with van der Waals surface area (Å²) in [6, 6.07) is 5.54. The Hall–Kier alpha value is -2.07. The molecule has 0 unspecified atom stereocenters. The van der Waals surface area contributed by atoms with Crippen molar-refractivity contribution >= 4 is 17.2 Å². The first kappa shape index (κ1) is 16.8. The second-order valence-electron chi connectivity index (χ2n) is 6.15. The molecule has 2 aromatic rings. The van der Waals surface area contributed by atoms with Gasteiger partial charge in [-0.05, 0) is 61.4 Å². The molecule has 0 N–H and O–H groups in total. The fraction of sp³-hybridized carbons (Fsp3) is 0.368. The molecule has 5 heteroatoms. The van der Waals surface area contributed by atoms with Gasteiger partial charge in [-0.25, -0.2) is 4.68 Å². The third-order valence-electron chi connectivity index (χ3n) is 4.65. The average Bonchev–Trinajstić information content (AvgIpc) is 3.08. The van der Waals surface area contributed by atoms with E-state index >= 15 is 0 Å². The lowest BCUT2D eigenvalue weighted by molar-refractivity contribution is 0.410. The topological polar surface area (TPSA) is 44.1 Å². The lowest BCUT2D eigenvalue weighted by Crippen LogP contribution is -2.24. The van der Waals surface area contributed by atoms with Gasteiger partial charge < -0.3 is 4.74 Å². The van der Waals surface area contributed by atoms with E-state index in [0.29, 0.717) is 11.7 Å². The molecular weight excluding hydrogens is 324 g/mol. The predicted octanol–water partition coefficient (Wildman–Crippen LogP) is 4.14. The number of aromatic nitrogens is 2. The van der Waals surface area contributed by atoms with Gasteiger partial charge in [-0.1, -0.05) is 23.7 Å². The minimum atomic E-state index is -0.135. The largest absolute Gasteiger partial charge is 0.496 e. The molecule has 0 saturated carbocycles. The second-order valence-corrected chi connectivity index (χ2v) is 6.51. The molecule has 24 heavy (non-hydrogen) atoms. The second kappa shape index (κ2) is 6.81. The molecule has 3 rings (SSSR count). The van der Waals surface area contributed by atoms with Gasteiger partial charge in [-0.2, -0.15) is 5.10 Å². The molecule has 0 saturated heterocycles. The lowest BCUT2D eigenvalue weighted by Gasteiger charge is -2.15. The molecule has 1 aliphatic rings. The maximum atomic E-state index is 12.5. The van der Waals surface area contributed by atoms with Gasteiger partial charge in [0.15, 0.2) is 5.15 Å². The van der Waals surface area contributed by atoms with Gasteiger partial charge in [-0.3, -0.25) is 4.79 Å². The molecule has 4 nitrogen and oxygen atoms in total. The van der Waals surface area contributed by atoms with E-state index < -0.39 is 0 Å². The highest BCUT2D eigenvalue weighted by Crippen LogP contribution is 2.30. The Morgan fingerprint density at radius 3 is 2.79 bits per heavy atom. The quantitative estimate of drug-likeness (QED) is 0.837. The van der Waals surface area contributed by atoms with E-state index in [1.807, 2.05) is 26.0 Å². The number of methoxy groups -OCH3 is 1. The predicted molar refractivity (Wildman–Crippen MR) is 96.9 cm³/mol. The van der Waals surface area contributed by atoms with Crippen LogP contribution in [0.4, 0.5) is 0 Å². The maximum Gasteiger partial charge on any atom is 0.267 e. The van der Waals surface area contributed by atoms with E-state index in [2.05, 4.69) is 11.2 Å². The van der Waals surface area contributed by atoms with Gasteiger partial charge in [0.05, 0.1) is 13.7 Å².